The Bertz CT molecular complexity index is 1120. The van der Waals surface area contributed by atoms with Gasteiger partial charge in [-0.1, -0.05) is 29.1 Å². The van der Waals surface area contributed by atoms with Gasteiger partial charge in [0.15, 0.2) is 0 Å². The third-order valence-corrected chi connectivity index (χ3v) is 6.30. The van der Waals surface area contributed by atoms with Gasteiger partial charge in [0.25, 0.3) is 0 Å². The molecule has 27 heavy (non-hydrogen) atoms. The maximum Gasteiger partial charge on any atom is 0.237 e. The minimum Gasteiger partial charge on any atom is -0.497 e. The van der Waals surface area contributed by atoms with Crippen LogP contribution in [0.25, 0.3) is 21.6 Å². The zero-order valence-corrected chi connectivity index (χ0v) is 17.1. The van der Waals surface area contributed by atoms with Crippen molar-refractivity contribution in [2.75, 3.05) is 7.11 Å². The molecule has 0 aliphatic rings. The van der Waals surface area contributed by atoms with Crippen LogP contribution in [-0.4, -0.2) is 27.2 Å². The number of nitrogens with zero attached hydrogens (tertiary/aromatic N) is 4. The van der Waals surface area contributed by atoms with Gasteiger partial charge in [-0.25, -0.2) is 9.97 Å². The van der Waals surface area contributed by atoms with E-state index in [1.165, 1.54) is 10.4 Å². The lowest BCUT2D eigenvalue weighted by Crippen LogP contribution is -1.92. The Morgan fingerprint density at radius 3 is 2.81 bits per heavy atom. The number of thioether (sulfide) groups is 1. The van der Waals surface area contributed by atoms with Crippen molar-refractivity contribution in [3.63, 3.8) is 0 Å². The molecule has 0 bridgehead atoms. The summed E-state index contributed by atoms with van der Waals surface area (Å²) in [5, 5.41) is 6.17. The van der Waals surface area contributed by atoms with E-state index in [1.54, 1.807) is 30.2 Å². The van der Waals surface area contributed by atoms with Crippen molar-refractivity contribution in [2.45, 2.75) is 31.6 Å². The van der Waals surface area contributed by atoms with E-state index in [0.717, 1.165) is 32.4 Å². The van der Waals surface area contributed by atoms with Crippen molar-refractivity contribution in [1.82, 2.24) is 20.1 Å². The third-order valence-electron chi connectivity index (χ3n) is 4.24. The molecule has 138 valence electrons. The van der Waals surface area contributed by atoms with Gasteiger partial charge in [-0.15, -0.1) is 11.3 Å². The van der Waals surface area contributed by atoms with Crippen LogP contribution < -0.4 is 4.74 Å². The minimum atomic E-state index is 0.552. The first-order valence-electron chi connectivity index (χ1n) is 8.39. The second kappa shape index (κ2) is 7.28. The van der Waals surface area contributed by atoms with E-state index in [9.17, 15) is 0 Å². The lowest BCUT2D eigenvalue weighted by Gasteiger charge is -2.03. The molecule has 8 heteroatoms. The molecule has 0 N–H and O–H groups in total. The van der Waals surface area contributed by atoms with E-state index in [4.69, 9.17) is 9.26 Å². The Labute approximate surface area is 165 Å². The highest BCUT2D eigenvalue weighted by atomic mass is 32.2. The number of aryl methyl sites for hydroxylation is 3. The average molecular weight is 399 g/mol. The first kappa shape index (κ1) is 17.9. The Hall–Kier alpha value is -2.45. The monoisotopic (exact) mass is 398 g/mol. The highest BCUT2D eigenvalue weighted by Crippen LogP contribution is 2.36. The van der Waals surface area contributed by atoms with Crippen LogP contribution in [0.4, 0.5) is 0 Å². The van der Waals surface area contributed by atoms with Crippen molar-refractivity contribution in [3.05, 3.63) is 46.4 Å². The summed E-state index contributed by atoms with van der Waals surface area (Å²) in [5.74, 6) is 3.20. The van der Waals surface area contributed by atoms with Gasteiger partial charge in [-0.2, -0.15) is 4.98 Å². The van der Waals surface area contributed by atoms with Gasteiger partial charge in [0, 0.05) is 15.8 Å². The van der Waals surface area contributed by atoms with Crippen LogP contribution in [0.15, 0.2) is 33.8 Å². The molecule has 1 aromatic carbocycles. The molecule has 6 nitrogen and oxygen atoms in total. The minimum absolute atomic E-state index is 0.552. The van der Waals surface area contributed by atoms with Crippen LogP contribution in [0.3, 0.4) is 0 Å². The van der Waals surface area contributed by atoms with Gasteiger partial charge in [0.05, 0.1) is 12.9 Å². The fourth-order valence-corrected chi connectivity index (χ4v) is 4.85. The number of rotatable bonds is 5. The largest absolute Gasteiger partial charge is 0.497 e. The van der Waals surface area contributed by atoms with E-state index < -0.39 is 0 Å². The molecule has 4 rings (SSSR count). The van der Waals surface area contributed by atoms with E-state index in [0.29, 0.717) is 17.5 Å². The highest BCUT2D eigenvalue weighted by Gasteiger charge is 2.16. The Morgan fingerprint density at radius 2 is 2.00 bits per heavy atom. The second-order valence-corrected chi connectivity index (χ2v) is 8.24. The summed E-state index contributed by atoms with van der Waals surface area (Å²) in [5.41, 5.74) is 2.10. The molecule has 0 saturated heterocycles. The van der Waals surface area contributed by atoms with Gasteiger partial charge >= 0.3 is 0 Å². The molecule has 0 saturated carbocycles. The van der Waals surface area contributed by atoms with Crippen molar-refractivity contribution < 1.29 is 9.26 Å². The fourth-order valence-electron chi connectivity index (χ4n) is 2.74. The molecule has 4 aromatic rings. The number of hydrogen-bond donors (Lipinski definition) is 0. The summed E-state index contributed by atoms with van der Waals surface area (Å²) < 4.78 is 10.7. The molecule has 0 amide bonds. The van der Waals surface area contributed by atoms with Gasteiger partial charge < -0.3 is 9.26 Å². The zero-order valence-electron chi connectivity index (χ0n) is 15.4. The molecule has 0 unspecified atom stereocenters. The standard InChI is InChI=1S/C19H18N4O2S2/c1-10-11(2)27-19-16(10)18(20-12(3)21-19)26-9-15-22-17(23-25-15)13-6-5-7-14(8-13)24-4/h5-8H,9H2,1-4H3. The van der Waals surface area contributed by atoms with Gasteiger partial charge in [-0.05, 0) is 38.5 Å². The summed E-state index contributed by atoms with van der Waals surface area (Å²) in [6, 6.07) is 7.60. The molecule has 0 aliphatic carbocycles. The molecule has 3 heterocycles. The number of thiophene rings is 1. The zero-order chi connectivity index (χ0) is 19.0. The van der Waals surface area contributed by atoms with E-state index >= 15 is 0 Å². The summed E-state index contributed by atoms with van der Waals surface area (Å²) in [6.45, 7) is 6.15. The molecule has 0 fully saturated rings. The fraction of sp³-hybridized carbons (Fsp3) is 0.263. The quantitative estimate of drug-likeness (QED) is 0.347. The lowest BCUT2D eigenvalue weighted by molar-refractivity contribution is 0.391. The number of fused-ring (bicyclic) bond motifs is 1. The Balaban J connectivity index is 1.58. The number of ether oxygens (including phenoxy) is 1. The SMILES string of the molecule is COc1cccc(-c2noc(CSc3nc(C)nc4sc(C)c(C)c34)n2)c1. The van der Waals surface area contributed by atoms with E-state index in [1.807, 2.05) is 31.2 Å². The first-order chi connectivity index (χ1) is 13.0. The predicted molar refractivity (Wildman–Crippen MR) is 107 cm³/mol. The highest BCUT2D eigenvalue weighted by molar-refractivity contribution is 7.98. The smallest absolute Gasteiger partial charge is 0.237 e. The first-order valence-corrected chi connectivity index (χ1v) is 10.2. The van der Waals surface area contributed by atoms with Gasteiger partial charge in [-0.3, -0.25) is 0 Å². The van der Waals surface area contributed by atoms with Crippen LogP contribution in [0.5, 0.6) is 5.75 Å². The number of aromatic nitrogens is 4. The Kier molecular flexibility index (Phi) is 4.84. The van der Waals surface area contributed by atoms with E-state index in [-0.39, 0.29) is 0 Å². The third kappa shape index (κ3) is 3.54. The maximum atomic E-state index is 5.43. The van der Waals surface area contributed by atoms with Gasteiger partial charge in [0.2, 0.25) is 11.7 Å². The van der Waals surface area contributed by atoms with Crippen molar-refractivity contribution >= 4 is 33.3 Å². The lowest BCUT2D eigenvalue weighted by atomic mass is 10.2. The van der Waals surface area contributed by atoms with Crippen molar-refractivity contribution in [2.24, 2.45) is 0 Å². The second-order valence-electron chi connectivity index (χ2n) is 6.07. The Morgan fingerprint density at radius 1 is 1.15 bits per heavy atom. The molecule has 0 radical (unpaired) electrons. The summed E-state index contributed by atoms with van der Waals surface area (Å²) in [6.07, 6.45) is 0. The summed E-state index contributed by atoms with van der Waals surface area (Å²) in [7, 11) is 1.63. The van der Waals surface area contributed by atoms with Crippen LogP contribution in [0.1, 0.15) is 22.2 Å². The van der Waals surface area contributed by atoms with Crippen LogP contribution in [0, 0.1) is 20.8 Å². The van der Waals surface area contributed by atoms with Crippen LogP contribution >= 0.6 is 23.1 Å². The molecular formula is C19H18N4O2S2. The molecule has 0 aliphatic heterocycles. The molecular weight excluding hydrogens is 380 g/mol. The maximum absolute atomic E-state index is 5.43. The summed E-state index contributed by atoms with van der Waals surface area (Å²) >= 11 is 3.30. The molecule has 0 atom stereocenters. The number of hydrogen-bond acceptors (Lipinski definition) is 8. The van der Waals surface area contributed by atoms with E-state index in [2.05, 4.69) is 34.0 Å². The van der Waals surface area contributed by atoms with Crippen molar-refractivity contribution in [1.29, 1.82) is 0 Å². The van der Waals surface area contributed by atoms with Gasteiger partial charge in [0.1, 0.15) is 21.4 Å². The van der Waals surface area contributed by atoms with Crippen LogP contribution in [0.2, 0.25) is 0 Å². The normalized spacial score (nSPS) is 11.3. The topological polar surface area (TPSA) is 73.9 Å². The molecule has 3 aromatic heterocycles. The number of methoxy groups -OCH3 is 1. The van der Waals surface area contributed by atoms with Crippen LogP contribution in [-0.2, 0) is 5.75 Å². The average Bonchev–Trinajstić information content (AvgIpc) is 3.25. The van der Waals surface area contributed by atoms with Crippen molar-refractivity contribution in [3.8, 4) is 17.1 Å². The number of benzene rings is 1. The summed E-state index contributed by atoms with van der Waals surface area (Å²) in [4.78, 5) is 16.0. The predicted octanol–water partition coefficient (Wildman–Crippen LogP) is 4.97. The molecule has 0 spiro atoms.